The molecule has 0 aromatic carbocycles. The quantitative estimate of drug-likeness (QED) is 0.463. The highest BCUT2D eigenvalue weighted by Crippen LogP contribution is 2.14. The molecule has 1 N–H and O–H groups in total. The van der Waals surface area contributed by atoms with Crippen molar-refractivity contribution in [1.29, 1.82) is 0 Å². The van der Waals surface area contributed by atoms with Crippen LogP contribution in [0.4, 0.5) is 0 Å². The molecule has 2 nitrogen and oxygen atoms in total. The van der Waals surface area contributed by atoms with E-state index in [1.807, 2.05) is 0 Å². The van der Waals surface area contributed by atoms with Gasteiger partial charge in [-0.2, -0.15) is 0 Å². The molecule has 15 heavy (non-hydrogen) atoms. The van der Waals surface area contributed by atoms with Crippen LogP contribution in [0.25, 0.3) is 0 Å². The lowest BCUT2D eigenvalue weighted by molar-refractivity contribution is -0.131. The predicted octanol–water partition coefficient (Wildman–Crippen LogP) is 4.01. The average Bonchev–Trinajstić information content (AvgIpc) is 2.17. The summed E-state index contributed by atoms with van der Waals surface area (Å²) in [5.41, 5.74) is 0. The first-order chi connectivity index (χ1) is 7.16. The number of carboxylic acid groups (broad SMARTS) is 1. The maximum atomic E-state index is 10.2. The van der Waals surface area contributed by atoms with E-state index in [0.29, 0.717) is 5.92 Å². The summed E-state index contributed by atoms with van der Waals surface area (Å²) in [6, 6.07) is 0. The fourth-order valence-electron chi connectivity index (χ4n) is 1.62. The standard InChI is InChI=1S/C13H24O2/c1-3-4-5-6-7-9-12(2)10-8-11-13(14)15/h8,11-12H,3-7,9-10H2,1-2H3,(H,14,15)/t12-/m1/s1. The lowest BCUT2D eigenvalue weighted by Gasteiger charge is -2.07. The second kappa shape index (κ2) is 9.75. The van der Waals surface area contributed by atoms with Crippen LogP contribution in [0.3, 0.4) is 0 Å². The van der Waals surface area contributed by atoms with Gasteiger partial charge in [-0.15, -0.1) is 0 Å². The van der Waals surface area contributed by atoms with Crippen molar-refractivity contribution in [3.05, 3.63) is 12.2 Å². The number of unbranched alkanes of at least 4 members (excludes halogenated alkanes) is 4. The van der Waals surface area contributed by atoms with E-state index in [1.54, 1.807) is 6.08 Å². The van der Waals surface area contributed by atoms with E-state index in [4.69, 9.17) is 5.11 Å². The number of carbonyl (C=O) groups is 1. The van der Waals surface area contributed by atoms with E-state index in [1.165, 1.54) is 44.6 Å². The zero-order valence-electron chi connectivity index (χ0n) is 10.0. The molecule has 0 aromatic heterocycles. The topological polar surface area (TPSA) is 37.3 Å². The summed E-state index contributed by atoms with van der Waals surface area (Å²) < 4.78 is 0. The fourth-order valence-corrected chi connectivity index (χ4v) is 1.62. The third kappa shape index (κ3) is 11.1. The molecule has 0 radical (unpaired) electrons. The molecule has 0 saturated heterocycles. The second-order valence-electron chi connectivity index (χ2n) is 4.28. The van der Waals surface area contributed by atoms with Gasteiger partial charge in [0.1, 0.15) is 0 Å². The van der Waals surface area contributed by atoms with Gasteiger partial charge in [0, 0.05) is 6.08 Å². The van der Waals surface area contributed by atoms with Crippen molar-refractivity contribution in [2.24, 2.45) is 5.92 Å². The van der Waals surface area contributed by atoms with Gasteiger partial charge in [0.15, 0.2) is 0 Å². The van der Waals surface area contributed by atoms with Crippen LogP contribution in [-0.4, -0.2) is 11.1 Å². The van der Waals surface area contributed by atoms with Crippen LogP contribution < -0.4 is 0 Å². The molecule has 88 valence electrons. The summed E-state index contributed by atoms with van der Waals surface area (Å²) in [7, 11) is 0. The maximum absolute atomic E-state index is 10.2. The van der Waals surface area contributed by atoms with Crippen LogP contribution >= 0.6 is 0 Å². The molecular weight excluding hydrogens is 188 g/mol. The van der Waals surface area contributed by atoms with Gasteiger partial charge < -0.3 is 5.11 Å². The molecule has 0 aliphatic heterocycles. The van der Waals surface area contributed by atoms with E-state index in [0.717, 1.165) is 6.42 Å². The SMILES string of the molecule is CCCCCCC[C@@H](C)CC=CC(=O)O. The summed E-state index contributed by atoms with van der Waals surface area (Å²) in [5, 5.41) is 8.41. The largest absolute Gasteiger partial charge is 0.478 e. The smallest absolute Gasteiger partial charge is 0.327 e. The van der Waals surface area contributed by atoms with Gasteiger partial charge in [0.2, 0.25) is 0 Å². The first-order valence-corrected chi connectivity index (χ1v) is 6.06. The molecule has 0 spiro atoms. The normalized spacial score (nSPS) is 13.2. The Hall–Kier alpha value is -0.790. The Morgan fingerprint density at radius 2 is 1.93 bits per heavy atom. The molecule has 0 saturated carbocycles. The molecule has 0 aliphatic carbocycles. The monoisotopic (exact) mass is 212 g/mol. The summed E-state index contributed by atoms with van der Waals surface area (Å²) >= 11 is 0. The van der Waals surface area contributed by atoms with Gasteiger partial charge in [-0.25, -0.2) is 4.79 Å². The van der Waals surface area contributed by atoms with Crippen molar-refractivity contribution >= 4 is 5.97 Å². The van der Waals surface area contributed by atoms with Crippen molar-refractivity contribution < 1.29 is 9.90 Å². The van der Waals surface area contributed by atoms with Crippen LogP contribution in [0.5, 0.6) is 0 Å². The molecule has 0 aliphatic rings. The Morgan fingerprint density at radius 3 is 2.53 bits per heavy atom. The number of hydrogen-bond donors (Lipinski definition) is 1. The van der Waals surface area contributed by atoms with Crippen LogP contribution in [0, 0.1) is 5.92 Å². The third-order valence-electron chi connectivity index (χ3n) is 2.60. The first-order valence-electron chi connectivity index (χ1n) is 6.06. The Labute approximate surface area is 93.4 Å². The van der Waals surface area contributed by atoms with E-state index < -0.39 is 5.97 Å². The highest BCUT2D eigenvalue weighted by atomic mass is 16.4. The third-order valence-corrected chi connectivity index (χ3v) is 2.60. The predicted molar refractivity (Wildman–Crippen MR) is 63.9 cm³/mol. The van der Waals surface area contributed by atoms with Gasteiger partial charge >= 0.3 is 5.97 Å². The minimum atomic E-state index is -0.842. The second-order valence-corrected chi connectivity index (χ2v) is 4.28. The first kappa shape index (κ1) is 14.2. The van der Waals surface area contributed by atoms with Gasteiger partial charge in [-0.1, -0.05) is 58.4 Å². The lowest BCUT2D eigenvalue weighted by atomic mass is 9.99. The highest BCUT2D eigenvalue weighted by Gasteiger charge is 1.99. The molecule has 0 bridgehead atoms. The fraction of sp³-hybridized carbons (Fsp3) is 0.769. The van der Waals surface area contributed by atoms with Crippen molar-refractivity contribution in [1.82, 2.24) is 0 Å². The minimum Gasteiger partial charge on any atom is -0.478 e. The number of aliphatic carboxylic acids is 1. The molecule has 0 amide bonds. The molecular formula is C13H24O2. The van der Waals surface area contributed by atoms with Gasteiger partial charge in [-0.3, -0.25) is 0 Å². The van der Waals surface area contributed by atoms with Crippen molar-refractivity contribution in [3.8, 4) is 0 Å². The van der Waals surface area contributed by atoms with Gasteiger partial charge in [0.25, 0.3) is 0 Å². The van der Waals surface area contributed by atoms with Crippen LogP contribution in [0.1, 0.15) is 58.8 Å². The average molecular weight is 212 g/mol. The van der Waals surface area contributed by atoms with Crippen molar-refractivity contribution in [2.75, 3.05) is 0 Å². The molecule has 2 heteroatoms. The molecule has 0 heterocycles. The summed E-state index contributed by atoms with van der Waals surface area (Å²) in [6.07, 6.45) is 11.7. The van der Waals surface area contributed by atoms with Gasteiger partial charge in [-0.05, 0) is 12.3 Å². The molecule has 0 rings (SSSR count). The number of carboxylic acids is 1. The number of allylic oxidation sites excluding steroid dienone is 1. The van der Waals surface area contributed by atoms with Crippen LogP contribution in [0.15, 0.2) is 12.2 Å². The Morgan fingerprint density at radius 1 is 1.27 bits per heavy atom. The maximum Gasteiger partial charge on any atom is 0.327 e. The lowest BCUT2D eigenvalue weighted by Crippen LogP contribution is -1.94. The number of hydrogen-bond acceptors (Lipinski definition) is 1. The van der Waals surface area contributed by atoms with Gasteiger partial charge in [0.05, 0.1) is 0 Å². The Kier molecular flexibility index (Phi) is 9.24. The Balaban J connectivity index is 3.33. The van der Waals surface area contributed by atoms with E-state index >= 15 is 0 Å². The van der Waals surface area contributed by atoms with Crippen molar-refractivity contribution in [3.63, 3.8) is 0 Å². The number of rotatable bonds is 9. The molecule has 0 aromatic rings. The van der Waals surface area contributed by atoms with Crippen molar-refractivity contribution in [2.45, 2.75) is 58.8 Å². The summed E-state index contributed by atoms with van der Waals surface area (Å²) in [5.74, 6) is -0.229. The minimum absolute atomic E-state index is 0.613. The molecule has 0 fully saturated rings. The molecule has 0 unspecified atom stereocenters. The van der Waals surface area contributed by atoms with Crippen LogP contribution in [-0.2, 0) is 4.79 Å². The summed E-state index contributed by atoms with van der Waals surface area (Å²) in [4.78, 5) is 10.2. The highest BCUT2D eigenvalue weighted by molar-refractivity contribution is 5.79. The molecule has 1 atom stereocenters. The van der Waals surface area contributed by atoms with Crippen LogP contribution in [0.2, 0.25) is 0 Å². The zero-order chi connectivity index (χ0) is 11.5. The Bertz CT molecular complexity index is 185. The zero-order valence-corrected chi connectivity index (χ0v) is 10.0. The van der Waals surface area contributed by atoms with E-state index in [2.05, 4.69) is 13.8 Å². The van der Waals surface area contributed by atoms with E-state index in [9.17, 15) is 4.79 Å². The van der Waals surface area contributed by atoms with E-state index in [-0.39, 0.29) is 0 Å². The summed E-state index contributed by atoms with van der Waals surface area (Å²) in [6.45, 7) is 4.41.